The number of hydrogen-bond donors (Lipinski definition) is 0. The van der Waals surface area contributed by atoms with Gasteiger partial charge < -0.3 is 14.2 Å². The number of rotatable bonds is 4. The van der Waals surface area contributed by atoms with E-state index in [-0.39, 0.29) is 16.6 Å². The van der Waals surface area contributed by atoms with E-state index in [9.17, 15) is 13.2 Å². The van der Waals surface area contributed by atoms with Gasteiger partial charge in [-0.2, -0.15) is 4.31 Å². The Morgan fingerprint density at radius 2 is 1.88 bits per heavy atom. The van der Waals surface area contributed by atoms with E-state index >= 15 is 0 Å². The van der Waals surface area contributed by atoms with Gasteiger partial charge in [0.1, 0.15) is 10.6 Å². The Hall–Kier alpha value is -2.10. The van der Waals surface area contributed by atoms with Crippen molar-refractivity contribution in [1.29, 1.82) is 0 Å². The third-order valence-corrected chi connectivity index (χ3v) is 6.97. The van der Waals surface area contributed by atoms with Crippen LogP contribution in [0.4, 0.5) is 0 Å². The molecule has 0 unspecified atom stereocenters. The Kier molecular flexibility index (Phi) is 4.14. The third kappa shape index (κ3) is 3.10. The van der Waals surface area contributed by atoms with Crippen molar-refractivity contribution in [2.24, 2.45) is 0 Å². The number of thiophene rings is 1. The van der Waals surface area contributed by atoms with Crippen LogP contribution in [0.3, 0.4) is 0 Å². The van der Waals surface area contributed by atoms with Crippen LogP contribution in [0.25, 0.3) is 0 Å². The molecule has 1 saturated heterocycles. The van der Waals surface area contributed by atoms with E-state index in [0.717, 1.165) is 24.2 Å². The number of sulfonamides is 1. The lowest BCUT2D eigenvalue weighted by Crippen LogP contribution is -2.27. The summed E-state index contributed by atoms with van der Waals surface area (Å²) in [4.78, 5) is 12.7. The summed E-state index contributed by atoms with van der Waals surface area (Å²) < 4.78 is 42.2. The molecule has 4 rings (SSSR count). The molecule has 9 heteroatoms. The van der Waals surface area contributed by atoms with Crippen LogP contribution in [0, 0.1) is 0 Å². The normalized spacial score (nSPS) is 17.0. The number of ether oxygens (including phenoxy) is 3. The molecule has 7 nitrogen and oxygen atoms in total. The van der Waals surface area contributed by atoms with Crippen molar-refractivity contribution in [3.8, 4) is 17.2 Å². The van der Waals surface area contributed by atoms with Gasteiger partial charge in [-0.15, -0.1) is 11.3 Å². The number of carbonyl (C=O) groups excluding carboxylic acids is 1. The highest BCUT2D eigenvalue weighted by atomic mass is 32.2. The van der Waals surface area contributed by atoms with Crippen LogP contribution in [0.15, 0.2) is 34.5 Å². The van der Waals surface area contributed by atoms with E-state index < -0.39 is 16.0 Å². The molecule has 2 aliphatic rings. The van der Waals surface area contributed by atoms with Crippen LogP contribution >= 0.6 is 11.3 Å². The standard InChI is InChI=1S/C16H15NO6S2/c18-16(23-11-3-4-13-14(7-11)22-10-21-13)15-8-12(9-24-15)25(19,20)17-5-1-2-6-17/h3-4,7-9H,1-2,5-6,10H2. The van der Waals surface area contributed by atoms with Crippen LogP contribution in [0.2, 0.25) is 0 Å². The molecule has 0 N–H and O–H groups in total. The molecule has 132 valence electrons. The molecule has 0 spiro atoms. The van der Waals surface area contributed by atoms with Crippen molar-refractivity contribution in [2.75, 3.05) is 19.9 Å². The van der Waals surface area contributed by atoms with Gasteiger partial charge in [0.05, 0.1) is 4.90 Å². The smallest absolute Gasteiger partial charge is 0.353 e. The summed E-state index contributed by atoms with van der Waals surface area (Å²) in [6.07, 6.45) is 1.73. The van der Waals surface area contributed by atoms with Crippen molar-refractivity contribution in [3.05, 3.63) is 34.5 Å². The molecule has 2 aliphatic heterocycles. The van der Waals surface area contributed by atoms with Gasteiger partial charge in [0.2, 0.25) is 16.8 Å². The van der Waals surface area contributed by atoms with Crippen molar-refractivity contribution >= 4 is 27.3 Å². The third-order valence-electron chi connectivity index (χ3n) is 4.03. The maximum atomic E-state index is 12.5. The maximum Gasteiger partial charge on any atom is 0.353 e. The van der Waals surface area contributed by atoms with Gasteiger partial charge in [0.25, 0.3) is 0 Å². The van der Waals surface area contributed by atoms with E-state index in [1.165, 1.54) is 15.8 Å². The SMILES string of the molecule is O=C(Oc1ccc2c(c1)OCO2)c1cc(S(=O)(=O)N2CCCC2)cs1. The summed E-state index contributed by atoms with van der Waals surface area (Å²) in [5.74, 6) is 0.807. The highest BCUT2D eigenvalue weighted by molar-refractivity contribution is 7.89. The molecule has 0 saturated carbocycles. The Bertz CT molecular complexity index is 914. The lowest BCUT2D eigenvalue weighted by molar-refractivity contribution is 0.0739. The maximum absolute atomic E-state index is 12.5. The Morgan fingerprint density at radius 1 is 1.12 bits per heavy atom. The molecule has 1 aromatic heterocycles. The molecule has 2 aromatic rings. The van der Waals surface area contributed by atoms with E-state index in [1.807, 2.05) is 0 Å². The van der Waals surface area contributed by atoms with Crippen molar-refractivity contribution in [2.45, 2.75) is 17.7 Å². The fourth-order valence-electron chi connectivity index (χ4n) is 2.74. The zero-order valence-corrected chi connectivity index (χ0v) is 14.8. The molecule has 0 aliphatic carbocycles. The molecule has 0 amide bonds. The fraction of sp³-hybridized carbons (Fsp3) is 0.312. The second kappa shape index (κ2) is 6.32. The largest absolute Gasteiger partial charge is 0.454 e. The molecule has 0 radical (unpaired) electrons. The number of esters is 1. The van der Waals surface area contributed by atoms with Crippen molar-refractivity contribution in [3.63, 3.8) is 0 Å². The number of benzene rings is 1. The quantitative estimate of drug-likeness (QED) is 0.598. The minimum Gasteiger partial charge on any atom is -0.454 e. The minimum atomic E-state index is -3.53. The van der Waals surface area contributed by atoms with E-state index in [0.29, 0.717) is 30.3 Å². The van der Waals surface area contributed by atoms with Gasteiger partial charge in [-0.1, -0.05) is 0 Å². The van der Waals surface area contributed by atoms with Gasteiger partial charge >= 0.3 is 5.97 Å². The highest BCUT2D eigenvalue weighted by Crippen LogP contribution is 2.35. The molecule has 0 atom stereocenters. The van der Waals surface area contributed by atoms with Crippen LogP contribution in [0.1, 0.15) is 22.5 Å². The average molecular weight is 381 g/mol. The van der Waals surface area contributed by atoms with Gasteiger partial charge in [0, 0.05) is 24.5 Å². The average Bonchev–Trinajstić information content (AvgIpc) is 3.34. The summed E-state index contributed by atoms with van der Waals surface area (Å²) >= 11 is 1.05. The molecule has 1 fully saturated rings. The zero-order chi connectivity index (χ0) is 17.4. The van der Waals surface area contributed by atoms with Gasteiger partial charge in [0.15, 0.2) is 11.5 Å². The predicted molar refractivity (Wildman–Crippen MR) is 89.8 cm³/mol. The van der Waals surface area contributed by atoms with Crippen molar-refractivity contribution in [1.82, 2.24) is 4.31 Å². The number of fused-ring (bicyclic) bond motifs is 1. The Balaban J connectivity index is 1.51. The summed E-state index contributed by atoms with van der Waals surface area (Å²) in [7, 11) is -3.53. The molecular formula is C16H15NO6S2. The topological polar surface area (TPSA) is 82.1 Å². The summed E-state index contributed by atoms with van der Waals surface area (Å²) in [6, 6.07) is 6.19. The predicted octanol–water partition coefficient (Wildman–Crippen LogP) is 2.48. The Labute approximate surface area is 148 Å². The first kappa shape index (κ1) is 16.4. The number of carbonyl (C=O) groups is 1. The molecule has 3 heterocycles. The molecule has 0 bridgehead atoms. The monoisotopic (exact) mass is 381 g/mol. The first-order valence-electron chi connectivity index (χ1n) is 7.74. The first-order chi connectivity index (χ1) is 12.0. The fourth-order valence-corrected chi connectivity index (χ4v) is 5.39. The van der Waals surface area contributed by atoms with E-state index in [1.54, 1.807) is 18.2 Å². The first-order valence-corrected chi connectivity index (χ1v) is 10.1. The highest BCUT2D eigenvalue weighted by Gasteiger charge is 2.29. The van der Waals surface area contributed by atoms with Gasteiger partial charge in [-0.25, -0.2) is 13.2 Å². The summed E-state index contributed by atoms with van der Waals surface area (Å²) in [6.45, 7) is 1.18. The van der Waals surface area contributed by atoms with E-state index in [2.05, 4.69) is 0 Å². The molecule has 1 aromatic carbocycles. The van der Waals surface area contributed by atoms with Crippen LogP contribution in [-0.4, -0.2) is 38.6 Å². The molecular weight excluding hydrogens is 366 g/mol. The van der Waals surface area contributed by atoms with Crippen molar-refractivity contribution < 1.29 is 27.4 Å². The van der Waals surface area contributed by atoms with Crippen LogP contribution in [-0.2, 0) is 10.0 Å². The summed E-state index contributed by atoms with van der Waals surface area (Å²) in [5.41, 5.74) is 0. The summed E-state index contributed by atoms with van der Waals surface area (Å²) in [5, 5.41) is 1.48. The second-order valence-electron chi connectivity index (χ2n) is 5.66. The lowest BCUT2D eigenvalue weighted by atomic mass is 10.3. The van der Waals surface area contributed by atoms with Gasteiger partial charge in [-0.05, 0) is 31.0 Å². The number of nitrogens with zero attached hydrogens (tertiary/aromatic N) is 1. The van der Waals surface area contributed by atoms with Crippen LogP contribution in [0.5, 0.6) is 17.2 Å². The Morgan fingerprint density at radius 3 is 2.68 bits per heavy atom. The van der Waals surface area contributed by atoms with E-state index in [4.69, 9.17) is 14.2 Å². The van der Waals surface area contributed by atoms with Gasteiger partial charge in [-0.3, -0.25) is 0 Å². The number of hydrogen-bond acceptors (Lipinski definition) is 7. The zero-order valence-electron chi connectivity index (χ0n) is 13.1. The van der Waals surface area contributed by atoms with Crippen LogP contribution < -0.4 is 14.2 Å². The minimum absolute atomic E-state index is 0.134. The lowest BCUT2D eigenvalue weighted by Gasteiger charge is -2.13. The second-order valence-corrected chi connectivity index (χ2v) is 8.51. The molecule has 25 heavy (non-hydrogen) atoms.